The molecule has 0 spiro atoms. The molecule has 1 aromatic carbocycles. The number of hydrogen-bond donors (Lipinski definition) is 1. The van der Waals surface area contributed by atoms with E-state index in [-0.39, 0.29) is 18.7 Å². The number of rotatable bonds is 3. The quantitative estimate of drug-likeness (QED) is 0.829. The van der Waals surface area contributed by atoms with Crippen molar-refractivity contribution < 1.29 is 19.1 Å². The van der Waals surface area contributed by atoms with E-state index in [1.54, 1.807) is 9.80 Å². The van der Waals surface area contributed by atoms with Gasteiger partial charge >= 0.3 is 6.03 Å². The zero-order chi connectivity index (χ0) is 20.5. The van der Waals surface area contributed by atoms with Crippen molar-refractivity contribution in [2.75, 3.05) is 33.0 Å². The summed E-state index contributed by atoms with van der Waals surface area (Å²) < 4.78 is 12.6. The minimum atomic E-state index is -0.128. The molecule has 0 saturated carbocycles. The van der Waals surface area contributed by atoms with Crippen molar-refractivity contribution in [1.82, 2.24) is 24.9 Å². The molecule has 0 atom stereocenters. The normalized spacial score (nSPS) is 17.6. The highest BCUT2D eigenvalue weighted by Crippen LogP contribution is 2.32. The van der Waals surface area contributed by atoms with Crippen LogP contribution in [0.15, 0.2) is 24.3 Å². The first-order valence-electron chi connectivity index (χ1n) is 10.4. The maximum absolute atomic E-state index is 12.8. The van der Waals surface area contributed by atoms with Crippen molar-refractivity contribution in [2.24, 2.45) is 0 Å². The fourth-order valence-corrected chi connectivity index (χ4v) is 4.14. The molecule has 0 bridgehead atoms. The molecule has 1 aromatic heterocycles. The Labute approximate surface area is 174 Å². The predicted octanol–water partition coefficient (Wildman–Crippen LogP) is 1.62. The first kappa shape index (κ1) is 18.8. The molecule has 1 saturated heterocycles. The third kappa shape index (κ3) is 3.67. The lowest BCUT2D eigenvalue weighted by Crippen LogP contribution is -2.53. The summed E-state index contributed by atoms with van der Waals surface area (Å²) in [5.41, 5.74) is 2.61. The largest absolute Gasteiger partial charge is 0.454 e. The van der Waals surface area contributed by atoms with E-state index in [9.17, 15) is 9.59 Å². The van der Waals surface area contributed by atoms with Gasteiger partial charge in [0.25, 0.3) is 5.91 Å². The van der Waals surface area contributed by atoms with Crippen molar-refractivity contribution in [1.29, 1.82) is 0 Å². The Morgan fingerprint density at radius 1 is 0.967 bits per heavy atom. The number of piperazine rings is 1. The topological polar surface area (TPSA) is 88.9 Å². The fourth-order valence-electron chi connectivity index (χ4n) is 4.14. The smallest absolute Gasteiger partial charge is 0.317 e. The summed E-state index contributed by atoms with van der Waals surface area (Å²) in [5.74, 6) is 1.39. The zero-order valence-corrected chi connectivity index (χ0v) is 16.8. The van der Waals surface area contributed by atoms with Crippen LogP contribution in [0.5, 0.6) is 11.5 Å². The number of carbonyl (C=O) groups excluding carboxylic acids is 2. The van der Waals surface area contributed by atoms with E-state index in [0.717, 1.165) is 42.8 Å². The number of aromatic nitrogens is 2. The zero-order valence-electron chi connectivity index (χ0n) is 16.8. The van der Waals surface area contributed by atoms with Gasteiger partial charge in [-0.25, -0.2) is 4.79 Å². The Hall–Kier alpha value is -3.23. The van der Waals surface area contributed by atoms with Gasteiger partial charge < -0.3 is 24.6 Å². The summed E-state index contributed by atoms with van der Waals surface area (Å²) >= 11 is 0. The molecule has 2 aromatic rings. The number of nitrogens with zero attached hydrogens (tertiary/aromatic N) is 4. The molecule has 30 heavy (non-hydrogen) atoms. The number of hydrogen-bond acceptors (Lipinski definition) is 5. The van der Waals surface area contributed by atoms with Crippen molar-refractivity contribution in [2.45, 2.75) is 32.4 Å². The molecule has 4 heterocycles. The van der Waals surface area contributed by atoms with Crippen molar-refractivity contribution >= 4 is 11.9 Å². The van der Waals surface area contributed by atoms with E-state index in [2.05, 4.69) is 10.4 Å². The van der Waals surface area contributed by atoms with Gasteiger partial charge in [0.1, 0.15) is 0 Å². The summed E-state index contributed by atoms with van der Waals surface area (Å²) in [4.78, 5) is 28.9. The molecule has 3 aliphatic heterocycles. The summed E-state index contributed by atoms with van der Waals surface area (Å²) in [6.45, 7) is 3.57. The lowest BCUT2D eigenvalue weighted by atomic mass is 10.1. The molecule has 0 aliphatic carbocycles. The molecular weight excluding hydrogens is 386 g/mol. The molecule has 9 nitrogen and oxygen atoms in total. The molecule has 1 N–H and O–H groups in total. The number of nitrogens with one attached hydrogen (secondary N) is 1. The second kappa shape index (κ2) is 7.89. The Morgan fingerprint density at radius 3 is 2.60 bits per heavy atom. The van der Waals surface area contributed by atoms with E-state index in [4.69, 9.17) is 9.47 Å². The van der Waals surface area contributed by atoms with E-state index >= 15 is 0 Å². The van der Waals surface area contributed by atoms with Gasteiger partial charge in [-0.2, -0.15) is 5.10 Å². The Bertz CT molecular complexity index is 941. The number of urea groups is 1. The highest BCUT2D eigenvalue weighted by molar-refractivity contribution is 5.92. The SMILES string of the molecule is O=C(NCc1ccc2c(c1)OCO2)N1CCN(C(=O)c2cc3n(n2)CCCC3)CC1. The number of amides is 3. The standard InChI is InChI=1S/C21H25N5O4/c27-20(17-12-16-3-1-2-6-26(16)23-17)24-7-9-25(10-8-24)21(28)22-13-15-4-5-18-19(11-15)30-14-29-18/h4-5,11-12H,1-3,6-10,13-14H2,(H,22,28). The molecule has 9 heteroatoms. The molecular formula is C21H25N5O4. The second-order valence-electron chi connectivity index (χ2n) is 7.83. The van der Waals surface area contributed by atoms with Crippen LogP contribution in [-0.2, 0) is 19.5 Å². The number of carbonyl (C=O) groups is 2. The van der Waals surface area contributed by atoms with Crippen LogP contribution in [0.1, 0.15) is 34.6 Å². The predicted molar refractivity (Wildman–Crippen MR) is 107 cm³/mol. The van der Waals surface area contributed by atoms with Gasteiger partial charge in [-0.05, 0) is 43.0 Å². The summed E-state index contributed by atoms with van der Waals surface area (Å²) in [7, 11) is 0. The molecule has 5 rings (SSSR count). The summed E-state index contributed by atoms with van der Waals surface area (Å²) in [6, 6.07) is 7.43. The maximum atomic E-state index is 12.8. The maximum Gasteiger partial charge on any atom is 0.317 e. The summed E-state index contributed by atoms with van der Waals surface area (Å²) in [6.07, 6.45) is 3.25. The summed E-state index contributed by atoms with van der Waals surface area (Å²) in [5, 5.41) is 7.42. The van der Waals surface area contributed by atoms with Gasteiger partial charge in [0.15, 0.2) is 17.2 Å². The number of ether oxygens (including phenoxy) is 2. The van der Waals surface area contributed by atoms with Gasteiger partial charge in [0.05, 0.1) is 0 Å². The van der Waals surface area contributed by atoms with E-state index in [1.807, 2.05) is 28.9 Å². The van der Waals surface area contributed by atoms with Crippen LogP contribution in [0, 0.1) is 0 Å². The van der Waals surface area contributed by atoms with Crippen LogP contribution in [-0.4, -0.2) is 64.5 Å². The lowest BCUT2D eigenvalue weighted by Gasteiger charge is -2.34. The van der Waals surface area contributed by atoms with Gasteiger partial charge in [-0.3, -0.25) is 9.48 Å². The van der Waals surface area contributed by atoms with Gasteiger partial charge in [0, 0.05) is 45.0 Å². The van der Waals surface area contributed by atoms with Crippen molar-refractivity contribution in [3.63, 3.8) is 0 Å². The van der Waals surface area contributed by atoms with Gasteiger partial charge in [-0.1, -0.05) is 6.07 Å². The minimum absolute atomic E-state index is 0.0441. The third-order valence-electron chi connectivity index (χ3n) is 5.87. The third-order valence-corrected chi connectivity index (χ3v) is 5.87. The first-order chi connectivity index (χ1) is 14.7. The molecule has 1 fully saturated rings. The van der Waals surface area contributed by atoms with E-state index < -0.39 is 0 Å². The van der Waals surface area contributed by atoms with Crippen molar-refractivity contribution in [3.05, 3.63) is 41.2 Å². The highest BCUT2D eigenvalue weighted by atomic mass is 16.7. The average molecular weight is 411 g/mol. The van der Waals surface area contributed by atoms with E-state index in [0.29, 0.717) is 44.2 Å². The second-order valence-corrected chi connectivity index (χ2v) is 7.83. The van der Waals surface area contributed by atoms with Crippen LogP contribution >= 0.6 is 0 Å². The first-order valence-corrected chi connectivity index (χ1v) is 10.4. The minimum Gasteiger partial charge on any atom is -0.454 e. The lowest BCUT2D eigenvalue weighted by molar-refractivity contribution is 0.0658. The van der Waals surface area contributed by atoms with E-state index in [1.165, 1.54) is 0 Å². The fraction of sp³-hybridized carbons (Fsp3) is 0.476. The molecule has 158 valence electrons. The molecule has 3 amide bonds. The molecule has 0 unspecified atom stereocenters. The van der Waals surface area contributed by atoms with Crippen LogP contribution in [0.2, 0.25) is 0 Å². The average Bonchev–Trinajstić information content (AvgIpc) is 3.43. The van der Waals surface area contributed by atoms with Crippen LogP contribution in [0.25, 0.3) is 0 Å². The van der Waals surface area contributed by atoms with Crippen LogP contribution in [0.3, 0.4) is 0 Å². The highest BCUT2D eigenvalue weighted by Gasteiger charge is 2.27. The van der Waals surface area contributed by atoms with Crippen molar-refractivity contribution in [3.8, 4) is 11.5 Å². The molecule has 0 radical (unpaired) electrons. The monoisotopic (exact) mass is 411 g/mol. The van der Waals surface area contributed by atoms with Gasteiger partial charge in [0.2, 0.25) is 6.79 Å². The number of fused-ring (bicyclic) bond motifs is 2. The Kier molecular flexibility index (Phi) is 4.94. The molecule has 3 aliphatic rings. The van der Waals surface area contributed by atoms with Gasteiger partial charge in [-0.15, -0.1) is 0 Å². The van der Waals surface area contributed by atoms with Crippen LogP contribution in [0.4, 0.5) is 4.79 Å². The number of benzene rings is 1. The number of aryl methyl sites for hydroxylation is 2. The Balaban J connectivity index is 1.12. The van der Waals surface area contributed by atoms with Crippen LogP contribution < -0.4 is 14.8 Å². The Morgan fingerprint density at radius 2 is 1.77 bits per heavy atom.